The number of pyridine rings is 1. The maximum absolute atomic E-state index is 13.0. The molecule has 1 aliphatic heterocycles. The van der Waals surface area contributed by atoms with Gasteiger partial charge in [-0.25, -0.2) is 9.67 Å². The number of nitrogens with zero attached hydrogens (tertiary/aromatic N) is 4. The highest BCUT2D eigenvalue weighted by molar-refractivity contribution is 5.92. The lowest BCUT2D eigenvalue weighted by molar-refractivity contribution is -0.126. The number of rotatable bonds is 18. The van der Waals surface area contributed by atoms with Crippen molar-refractivity contribution in [2.75, 3.05) is 45.7 Å². The number of ether oxygens (including phenoxy) is 1. The van der Waals surface area contributed by atoms with E-state index in [2.05, 4.69) is 103 Å². The molecule has 274 valence electrons. The van der Waals surface area contributed by atoms with Crippen molar-refractivity contribution in [3.63, 3.8) is 0 Å². The summed E-state index contributed by atoms with van der Waals surface area (Å²) in [4.78, 5) is 33.0. The summed E-state index contributed by atoms with van der Waals surface area (Å²) in [5.74, 6) is -0.320. The van der Waals surface area contributed by atoms with E-state index in [4.69, 9.17) is 9.72 Å². The monoisotopic (exact) mass is 696 g/mol. The van der Waals surface area contributed by atoms with Crippen LogP contribution < -0.4 is 21.3 Å². The van der Waals surface area contributed by atoms with E-state index in [9.17, 15) is 9.59 Å². The second-order valence-electron chi connectivity index (χ2n) is 13.7. The maximum Gasteiger partial charge on any atom is 0.220 e. The van der Waals surface area contributed by atoms with Gasteiger partial charge in [0, 0.05) is 69.5 Å². The summed E-state index contributed by atoms with van der Waals surface area (Å²) >= 11 is 0. The fourth-order valence-corrected chi connectivity index (χ4v) is 6.58. The van der Waals surface area contributed by atoms with Crippen LogP contribution in [-0.2, 0) is 46.9 Å². The second-order valence-corrected chi connectivity index (χ2v) is 13.7. The lowest BCUT2D eigenvalue weighted by Crippen LogP contribution is -2.30. The molecule has 0 aliphatic carbocycles. The smallest absolute Gasteiger partial charge is 0.220 e. The molecule has 0 saturated carbocycles. The molecule has 51 heavy (non-hydrogen) atoms. The third-order valence-electron chi connectivity index (χ3n) is 9.54. The van der Waals surface area contributed by atoms with E-state index in [0.717, 1.165) is 110 Å². The molecule has 0 atom stereocenters. The third-order valence-corrected chi connectivity index (χ3v) is 9.54. The predicted molar refractivity (Wildman–Crippen MR) is 204 cm³/mol. The molecule has 1 saturated heterocycles. The number of nitrogens with one attached hydrogen (secondary N) is 4. The number of fused-ring (bicyclic) bond motifs is 1. The summed E-state index contributed by atoms with van der Waals surface area (Å²) in [6.45, 7) is 12.0. The van der Waals surface area contributed by atoms with E-state index in [-0.39, 0.29) is 30.7 Å². The number of aryl methyl sites for hydroxylation is 3. The molecule has 11 nitrogen and oxygen atoms in total. The van der Waals surface area contributed by atoms with E-state index >= 15 is 0 Å². The standard InChI is InChI=1S/C40H56N8O3/c1-6-36-34(39(45-32-16-20-51-21-17-32)35-27-44-48(7-2)40(35)46-36)26-43-38(50)15-14-37(49)42-25-30-13-12-28(3)33(23-30)31-11-8-10-29(22-31)24-41-18-9-19-47(4)5/h8,10-13,22-23,27,32,41H,6-7,9,14-21,24-26H2,1-5H3,(H,42,49)(H,43,50)(H,45,46). The first-order valence-corrected chi connectivity index (χ1v) is 18.5. The largest absolute Gasteiger partial charge is 0.381 e. The number of carbonyl (C=O) groups is 2. The zero-order chi connectivity index (χ0) is 36.2. The van der Waals surface area contributed by atoms with E-state index in [1.807, 2.05) is 16.9 Å². The Hall–Kier alpha value is -4.32. The molecule has 0 bridgehead atoms. The number of hydrogen-bond acceptors (Lipinski definition) is 8. The van der Waals surface area contributed by atoms with Crippen molar-refractivity contribution in [2.24, 2.45) is 0 Å². The number of hydrogen-bond donors (Lipinski definition) is 4. The van der Waals surface area contributed by atoms with Gasteiger partial charge in [-0.15, -0.1) is 0 Å². The molecule has 4 N–H and O–H groups in total. The van der Waals surface area contributed by atoms with Gasteiger partial charge in [-0.1, -0.05) is 37.3 Å². The molecule has 2 aromatic heterocycles. The van der Waals surface area contributed by atoms with Crippen LogP contribution in [0, 0.1) is 6.92 Å². The van der Waals surface area contributed by atoms with Gasteiger partial charge in [0.15, 0.2) is 5.65 Å². The molecule has 0 spiro atoms. The second kappa shape index (κ2) is 18.8. The average molecular weight is 697 g/mol. The topological polar surface area (TPSA) is 125 Å². The third kappa shape index (κ3) is 10.6. The Morgan fingerprint density at radius 3 is 2.43 bits per heavy atom. The van der Waals surface area contributed by atoms with E-state index in [1.54, 1.807) is 0 Å². The highest BCUT2D eigenvalue weighted by atomic mass is 16.5. The van der Waals surface area contributed by atoms with Crippen LogP contribution in [0.15, 0.2) is 48.7 Å². The Balaban J connectivity index is 1.15. The Morgan fingerprint density at radius 2 is 1.71 bits per heavy atom. The fourth-order valence-electron chi connectivity index (χ4n) is 6.58. The van der Waals surface area contributed by atoms with Gasteiger partial charge >= 0.3 is 0 Å². The van der Waals surface area contributed by atoms with Crippen molar-refractivity contribution < 1.29 is 14.3 Å². The Labute approximate surface area is 302 Å². The molecule has 11 heteroatoms. The number of anilines is 1. The van der Waals surface area contributed by atoms with E-state index < -0.39 is 0 Å². The molecule has 5 rings (SSSR count). The summed E-state index contributed by atoms with van der Waals surface area (Å²) in [7, 11) is 4.19. The van der Waals surface area contributed by atoms with E-state index in [1.165, 1.54) is 11.1 Å². The van der Waals surface area contributed by atoms with Gasteiger partial charge in [-0.3, -0.25) is 9.59 Å². The normalized spacial score (nSPS) is 13.5. The van der Waals surface area contributed by atoms with Crippen molar-refractivity contribution in [1.82, 2.24) is 35.6 Å². The first-order chi connectivity index (χ1) is 24.7. The minimum Gasteiger partial charge on any atom is -0.381 e. The lowest BCUT2D eigenvalue weighted by atomic mass is 9.96. The van der Waals surface area contributed by atoms with Crippen LogP contribution in [-0.4, -0.2) is 77.9 Å². The Kier molecular flexibility index (Phi) is 14.0. The Morgan fingerprint density at radius 1 is 0.961 bits per heavy atom. The van der Waals surface area contributed by atoms with Crippen molar-refractivity contribution in [2.45, 2.75) is 91.5 Å². The number of aromatic nitrogens is 3. The summed E-state index contributed by atoms with van der Waals surface area (Å²) in [6.07, 6.45) is 5.75. The number of amides is 2. The van der Waals surface area contributed by atoms with Crippen molar-refractivity contribution in [1.29, 1.82) is 0 Å². The van der Waals surface area contributed by atoms with Crippen LogP contribution in [0.5, 0.6) is 0 Å². The summed E-state index contributed by atoms with van der Waals surface area (Å²) in [5, 5.41) is 18.9. The minimum absolute atomic E-state index is 0.106. The highest BCUT2D eigenvalue weighted by Crippen LogP contribution is 2.31. The molecular formula is C40H56N8O3. The van der Waals surface area contributed by atoms with Gasteiger partial charge in [0.25, 0.3) is 0 Å². The average Bonchev–Trinajstić information content (AvgIpc) is 3.56. The van der Waals surface area contributed by atoms with Crippen molar-refractivity contribution in [3.05, 3.63) is 76.6 Å². The molecule has 2 aromatic carbocycles. The molecule has 2 amide bonds. The molecule has 0 radical (unpaired) electrons. The minimum atomic E-state index is -0.168. The van der Waals surface area contributed by atoms with E-state index in [0.29, 0.717) is 13.1 Å². The number of benzene rings is 2. The van der Waals surface area contributed by atoms with Crippen molar-refractivity contribution in [3.8, 4) is 11.1 Å². The number of carbonyl (C=O) groups excluding carboxylic acids is 2. The predicted octanol–water partition coefficient (Wildman–Crippen LogP) is 5.33. The lowest BCUT2D eigenvalue weighted by Gasteiger charge is -2.26. The molecular weight excluding hydrogens is 640 g/mol. The van der Waals surface area contributed by atoms with Gasteiger partial charge in [-0.2, -0.15) is 5.10 Å². The van der Waals surface area contributed by atoms with Gasteiger partial charge in [0.2, 0.25) is 11.8 Å². The van der Waals surface area contributed by atoms with Crippen LogP contribution in [0.2, 0.25) is 0 Å². The summed E-state index contributed by atoms with van der Waals surface area (Å²) in [6, 6.07) is 15.2. The zero-order valence-corrected chi connectivity index (χ0v) is 31.1. The van der Waals surface area contributed by atoms with Gasteiger partial charge < -0.3 is 30.9 Å². The molecule has 4 aromatic rings. The molecule has 0 unspecified atom stereocenters. The van der Waals surface area contributed by atoms with Gasteiger partial charge in [-0.05, 0) is 107 Å². The van der Waals surface area contributed by atoms with Crippen LogP contribution in [0.3, 0.4) is 0 Å². The molecule has 1 aliphatic rings. The summed E-state index contributed by atoms with van der Waals surface area (Å²) in [5.41, 5.74) is 9.51. The van der Waals surface area contributed by atoms with Crippen LogP contribution in [0.25, 0.3) is 22.2 Å². The highest BCUT2D eigenvalue weighted by Gasteiger charge is 2.22. The molecule has 1 fully saturated rings. The zero-order valence-electron chi connectivity index (χ0n) is 31.1. The quantitative estimate of drug-likeness (QED) is 0.103. The van der Waals surface area contributed by atoms with Gasteiger partial charge in [0.05, 0.1) is 17.3 Å². The van der Waals surface area contributed by atoms with Gasteiger partial charge in [0.1, 0.15) is 0 Å². The van der Waals surface area contributed by atoms with Crippen LogP contribution in [0.4, 0.5) is 5.69 Å². The van der Waals surface area contributed by atoms with Crippen LogP contribution >= 0.6 is 0 Å². The first kappa shape index (κ1) is 37.9. The van der Waals surface area contributed by atoms with Crippen molar-refractivity contribution >= 4 is 28.5 Å². The van der Waals surface area contributed by atoms with Crippen LogP contribution in [0.1, 0.15) is 73.9 Å². The SMILES string of the molecule is CCc1nc2c(cnn2CC)c(NC2CCOCC2)c1CNC(=O)CCC(=O)NCc1ccc(C)c(-c2cccc(CNCCCN(C)C)c2)c1. The summed E-state index contributed by atoms with van der Waals surface area (Å²) < 4.78 is 7.49. The maximum atomic E-state index is 13.0. The first-order valence-electron chi connectivity index (χ1n) is 18.5. The Bertz CT molecular complexity index is 1760. The fraction of sp³-hybridized carbons (Fsp3) is 0.500. The molecule has 3 heterocycles.